The number of sulfone groups is 1. The summed E-state index contributed by atoms with van der Waals surface area (Å²) < 4.78 is 30.8. The highest BCUT2D eigenvalue weighted by Crippen LogP contribution is 2.26. The molecule has 1 aromatic heterocycles. The summed E-state index contributed by atoms with van der Waals surface area (Å²) in [5.74, 6) is 0.728. The van der Waals surface area contributed by atoms with Gasteiger partial charge in [0, 0.05) is 12.4 Å². The van der Waals surface area contributed by atoms with E-state index in [1.165, 1.54) is 0 Å². The van der Waals surface area contributed by atoms with Gasteiger partial charge < -0.3 is 9.30 Å². The lowest BCUT2D eigenvalue weighted by Crippen LogP contribution is -2.05. The van der Waals surface area contributed by atoms with E-state index in [0.29, 0.717) is 10.6 Å². The molecule has 1 aromatic carbocycles. The zero-order chi connectivity index (χ0) is 13.2. The van der Waals surface area contributed by atoms with E-state index in [0.717, 1.165) is 5.69 Å². The van der Waals surface area contributed by atoms with Gasteiger partial charge in [-0.15, -0.1) is 0 Å². The van der Waals surface area contributed by atoms with Crippen LogP contribution in [0.25, 0.3) is 5.69 Å². The number of methoxy groups -OCH3 is 1. The molecule has 0 amide bonds. The highest BCUT2D eigenvalue weighted by Gasteiger charge is 2.15. The first-order chi connectivity index (χ1) is 8.58. The van der Waals surface area contributed by atoms with Crippen LogP contribution in [0.15, 0.2) is 47.6 Å². The summed E-state index contributed by atoms with van der Waals surface area (Å²) in [4.78, 5) is 0.314. The summed E-state index contributed by atoms with van der Waals surface area (Å²) in [6.45, 7) is 1.63. The summed E-state index contributed by atoms with van der Waals surface area (Å²) in [6.07, 6.45) is 3.69. The molecule has 0 aliphatic heterocycles. The molecular formula is C13H15NO3S. The lowest BCUT2D eigenvalue weighted by atomic mass is 10.3. The normalized spacial score (nSPS) is 11.4. The van der Waals surface area contributed by atoms with Crippen LogP contribution in [0.1, 0.15) is 6.92 Å². The first kappa shape index (κ1) is 12.7. The minimum atomic E-state index is -3.21. The fourth-order valence-corrected chi connectivity index (χ4v) is 2.63. The van der Waals surface area contributed by atoms with Crippen molar-refractivity contribution >= 4 is 9.84 Å². The number of benzene rings is 1. The summed E-state index contributed by atoms with van der Waals surface area (Å²) in [5.41, 5.74) is 0.719. The van der Waals surface area contributed by atoms with Gasteiger partial charge in [-0.05, 0) is 30.3 Å². The van der Waals surface area contributed by atoms with Crippen molar-refractivity contribution in [2.75, 3.05) is 12.9 Å². The fraction of sp³-hybridized carbons (Fsp3) is 0.231. The Kier molecular flexibility index (Phi) is 3.43. The molecule has 0 unspecified atom stereocenters. The minimum absolute atomic E-state index is 0.0877. The molecular weight excluding hydrogens is 250 g/mol. The zero-order valence-electron chi connectivity index (χ0n) is 10.3. The van der Waals surface area contributed by atoms with Crippen LogP contribution in [0, 0.1) is 0 Å². The smallest absolute Gasteiger partial charge is 0.178 e. The molecule has 0 spiro atoms. The van der Waals surface area contributed by atoms with E-state index in [1.54, 1.807) is 32.2 Å². The van der Waals surface area contributed by atoms with E-state index < -0.39 is 9.84 Å². The van der Waals surface area contributed by atoms with Crippen LogP contribution in [0.4, 0.5) is 0 Å². The van der Waals surface area contributed by atoms with Crippen molar-refractivity contribution in [2.24, 2.45) is 0 Å². The topological polar surface area (TPSA) is 48.3 Å². The monoisotopic (exact) mass is 265 g/mol. The predicted octanol–water partition coefficient (Wildman–Crippen LogP) is 2.28. The first-order valence-electron chi connectivity index (χ1n) is 5.62. The molecule has 0 saturated heterocycles. The standard InChI is InChI=1S/C13H15NO3S/c1-3-18(15,16)11-6-7-13(17-2)12(10-11)14-8-4-5-9-14/h4-10H,3H2,1-2H3. The van der Waals surface area contributed by atoms with Crippen LogP contribution in [-0.4, -0.2) is 25.8 Å². The Balaban J connectivity index is 2.60. The van der Waals surface area contributed by atoms with Crippen molar-refractivity contribution in [1.29, 1.82) is 0 Å². The average Bonchev–Trinajstić information content (AvgIpc) is 2.91. The summed E-state index contributed by atoms with van der Waals surface area (Å²) in [5, 5.41) is 0. The molecule has 0 bridgehead atoms. The maximum atomic E-state index is 11.9. The van der Waals surface area contributed by atoms with Gasteiger partial charge in [0.15, 0.2) is 9.84 Å². The number of ether oxygens (including phenoxy) is 1. The van der Waals surface area contributed by atoms with Crippen LogP contribution in [0.5, 0.6) is 5.75 Å². The van der Waals surface area contributed by atoms with Crippen LogP contribution < -0.4 is 4.74 Å². The Labute approximate surface area is 107 Å². The zero-order valence-corrected chi connectivity index (χ0v) is 11.1. The third-order valence-electron chi connectivity index (χ3n) is 2.77. The van der Waals surface area contributed by atoms with Crippen LogP contribution in [0.2, 0.25) is 0 Å². The molecule has 0 N–H and O–H groups in total. The number of hydrogen-bond donors (Lipinski definition) is 0. The van der Waals surface area contributed by atoms with Gasteiger partial charge in [0.2, 0.25) is 0 Å². The third kappa shape index (κ3) is 2.26. The quantitative estimate of drug-likeness (QED) is 0.852. The predicted molar refractivity (Wildman–Crippen MR) is 70.0 cm³/mol. The number of rotatable bonds is 4. The Morgan fingerprint density at radius 3 is 2.44 bits per heavy atom. The summed E-state index contributed by atoms with van der Waals surface area (Å²) in [6, 6.07) is 8.64. The van der Waals surface area contributed by atoms with Crippen molar-refractivity contribution in [1.82, 2.24) is 4.57 Å². The highest BCUT2D eigenvalue weighted by molar-refractivity contribution is 7.91. The molecule has 0 radical (unpaired) electrons. The van der Waals surface area contributed by atoms with Crippen LogP contribution >= 0.6 is 0 Å². The molecule has 96 valence electrons. The summed E-state index contributed by atoms with van der Waals surface area (Å²) in [7, 11) is -1.64. The van der Waals surface area contributed by atoms with E-state index in [-0.39, 0.29) is 5.75 Å². The fourth-order valence-electron chi connectivity index (χ4n) is 1.73. The van der Waals surface area contributed by atoms with Gasteiger partial charge in [0.05, 0.1) is 23.4 Å². The molecule has 5 heteroatoms. The van der Waals surface area contributed by atoms with Gasteiger partial charge in [-0.3, -0.25) is 0 Å². The minimum Gasteiger partial charge on any atom is -0.495 e. The SMILES string of the molecule is CCS(=O)(=O)c1ccc(OC)c(-n2cccc2)c1. The maximum absolute atomic E-state index is 11.9. The van der Waals surface area contributed by atoms with Gasteiger partial charge in [-0.2, -0.15) is 0 Å². The van der Waals surface area contributed by atoms with E-state index in [9.17, 15) is 8.42 Å². The molecule has 0 fully saturated rings. The molecule has 4 nitrogen and oxygen atoms in total. The number of aromatic nitrogens is 1. The molecule has 18 heavy (non-hydrogen) atoms. The van der Waals surface area contributed by atoms with Gasteiger partial charge in [0.1, 0.15) is 5.75 Å². The number of hydrogen-bond acceptors (Lipinski definition) is 3. The molecule has 1 heterocycles. The Morgan fingerprint density at radius 2 is 1.89 bits per heavy atom. The van der Waals surface area contributed by atoms with Crippen LogP contribution in [0.3, 0.4) is 0 Å². The average molecular weight is 265 g/mol. The second-order valence-electron chi connectivity index (χ2n) is 3.83. The molecule has 0 aliphatic rings. The van der Waals surface area contributed by atoms with Gasteiger partial charge in [0.25, 0.3) is 0 Å². The Morgan fingerprint density at radius 1 is 1.22 bits per heavy atom. The van der Waals surface area contributed by atoms with E-state index in [4.69, 9.17) is 4.74 Å². The molecule has 2 aromatic rings. The molecule has 0 aliphatic carbocycles. The van der Waals surface area contributed by atoms with Crippen LogP contribution in [-0.2, 0) is 9.84 Å². The van der Waals surface area contributed by atoms with Crippen molar-refractivity contribution < 1.29 is 13.2 Å². The largest absolute Gasteiger partial charge is 0.495 e. The number of nitrogens with zero attached hydrogens (tertiary/aromatic N) is 1. The van der Waals surface area contributed by atoms with Crippen molar-refractivity contribution in [2.45, 2.75) is 11.8 Å². The van der Waals surface area contributed by atoms with E-state index in [1.807, 2.05) is 29.1 Å². The molecule has 0 atom stereocenters. The van der Waals surface area contributed by atoms with E-state index in [2.05, 4.69) is 0 Å². The van der Waals surface area contributed by atoms with Gasteiger partial charge >= 0.3 is 0 Å². The van der Waals surface area contributed by atoms with Gasteiger partial charge in [-0.25, -0.2) is 8.42 Å². The third-order valence-corrected chi connectivity index (χ3v) is 4.50. The summed E-state index contributed by atoms with van der Waals surface area (Å²) >= 11 is 0. The molecule has 2 rings (SSSR count). The Hall–Kier alpha value is -1.75. The maximum Gasteiger partial charge on any atom is 0.178 e. The molecule has 0 saturated carbocycles. The lowest BCUT2D eigenvalue weighted by molar-refractivity contribution is 0.412. The van der Waals surface area contributed by atoms with Crippen molar-refractivity contribution in [3.8, 4) is 11.4 Å². The van der Waals surface area contributed by atoms with Crippen molar-refractivity contribution in [3.63, 3.8) is 0 Å². The first-order valence-corrected chi connectivity index (χ1v) is 7.28. The second kappa shape index (κ2) is 4.86. The van der Waals surface area contributed by atoms with Gasteiger partial charge in [-0.1, -0.05) is 6.92 Å². The Bertz CT molecular complexity index is 630. The van der Waals surface area contributed by atoms with Crippen molar-refractivity contribution in [3.05, 3.63) is 42.7 Å². The lowest BCUT2D eigenvalue weighted by Gasteiger charge is -2.11. The second-order valence-corrected chi connectivity index (χ2v) is 6.11. The van der Waals surface area contributed by atoms with E-state index >= 15 is 0 Å². The highest BCUT2D eigenvalue weighted by atomic mass is 32.2.